The Bertz CT molecular complexity index is 350. The molecule has 0 unspecified atom stereocenters. The zero-order valence-corrected chi connectivity index (χ0v) is 8.20. The van der Waals surface area contributed by atoms with E-state index < -0.39 is 0 Å². The quantitative estimate of drug-likeness (QED) is 0.663. The molecule has 1 saturated heterocycles. The average Bonchev–Trinajstić information content (AvgIpc) is 2.70. The number of rotatable bonds is 1. The van der Waals surface area contributed by atoms with Gasteiger partial charge < -0.3 is 0 Å². The maximum absolute atomic E-state index is 11.7. The van der Waals surface area contributed by atoms with E-state index in [1.165, 1.54) is 5.06 Å². The van der Waals surface area contributed by atoms with Gasteiger partial charge in [-0.3, -0.25) is 9.63 Å². The molecule has 0 N–H and O–H groups in total. The van der Waals surface area contributed by atoms with Gasteiger partial charge in [0, 0.05) is 6.20 Å². The van der Waals surface area contributed by atoms with Crippen LogP contribution in [-0.2, 0) is 4.84 Å². The van der Waals surface area contributed by atoms with E-state index in [4.69, 9.17) is 16.4 Å². The van der Waals surface area contributed by atoms with Crippen molar-refractivity contribution in [2.45, 2.75) is 6.42 Å². The number of hydrogen-bond donors (Lipinski definition) is 0. The first-order valence-electron chi connectivity index (χ1n) is 4.34. The Morgan fingerprint density at radius 3 is 3.14 bits per heavy atom. The number of halogens is 1. The van der Waals surface area contributed by atoms with Gasteiger partial charge in [-0.05, 0) is 18.6 Å². The fourth-order valence-electron chi connectivity index (χ4n) is 1.29. The van der Waals surface area contributed by atoms with E-state index in [9.17, 15) is 4.79 Å². The van der Waals surface area contributed by atoms with Crippen molar-refractivity contribution in [1.82, 2.24) is 10.0 Å². The van der Waals surface area contributed by atoms with E-state index in [0.29, 0.717) is 18.7 Å². The second-order valence-corrected chi connectivity index (χ2v) is 3.29. The van der Waals surface area contributed by atoms with Crippen LogP contribution in [0.2, 0.25) is 5.15 Å². The van der Waals surface area contributed by atoms with Crippen molar-refractivity contribution in [2.24, 2.45) is 0 Å². The predicted octanol–water partition coefficient (Wildman–Crippen LogP) is 1.51. The average molecular weight is 213 g/mol. The van der Waals surface area contributed by atoms with Crippen LogP contribution in [0.3, 0.4) is 0 Å². The number of nitrogens with zero attached hydrogens (tertiary/aromatic N) is 2. The molecule has 74 valence electrons. The maximum atomic E-state index is 11.7. The van der Waals surface area contributed by atoms with Crippen molar-refractivity contribution in [1.29, 1.82) is 0 Å². The van der Waals surface area contributed by atoms with Crippen LogP contribution < -0.4 is 0 Å². The zero-order valence-electron chi connectivity index (χ0n) is 7.44. The van der Waals surface area contributed by atoms with Gasteiger partial charge in [0.05, 0.1) is 18.7 Å². The summed E-state index contributed by atoms with van der Waals surface area (Å²) in [6, 6.07) is 3.31. The Balaban J connectivity index is 2.22. The second-order valence-electron chi connectivity index (χ2n) is 2.94. The van der Waals surface area contributed by atoms with Crippen LogP contribution in [-0.4, -0.2) is 29.1 Å². The van der Waals surface area contributed by atoms with E-state index in [0.717, 1.165) is 6.42 Å². The van der Waals surface area contributed by atoms with Gasteiger partial charge in [-0.15, -0.1) is 0 Å². The molecule has 1 aromatic heterocycles. The number of hydroxylamine groups is 2. The van der Waals surface area contributed by atoms with Crippen molar-refractivity contribution in [3.05, 3.63) is 29.0 Å². The molecule has 0 aliphatic carbocycles. The molecule has 5 heteroatoms. The normalized spacial score (nSPS) is 15.9. The summed E-state index contributed by atoms with van der Waals surface area (Å²) in [5.74, 6) is -0.222. The lowest BCUT2D eigenvalue weighted by Gasteiger charge is -2.13. The minimum absolute atomic E-state index is 0.216. The summed E-state index contributed by atoms with van der Waals surface area (Å²) in [5.41, 5.74) is 0.385. The Hall–Kier alpha value is -1.13. The first-order valence-corrected chi connectivity index (χ1v) is 4.72. The lowest BCUT2D eigenvalue weighted by Crippen LogP contribution is -2.26. The molecule has 0 spiro atoms. The highest BCUT2D eigenvalue weighted by atomic mass is 35.5. The summed E-state index contributed by atoms with van der Waals surface area (Å²) in [5, 5.41) is 1.54. The minimum Gasteiger partial charge on any atom is -0.271 e. The zero-order chi connectivity index (χ0) is 9.97. The van der Waals surface area contributed by atoms with Crippen molar-refractivity contribution in [3.8, 4) is 0 Å². The van der Waals surface area contributed by atoms with E-state index in [1.54, 1.807) is 18.3 Å². The third kappa shape index (κ3) is 1.71. The molecule has 1 aromatic rings. The fourth-order valence-corrected chi connectivity index (χ4v) is 1.49. The predicted molar refractivity (Wildman–Crippen MR) is 50.9 cm³/mol. The first-order chi connectivity index (χ1) is 6.79. The minimum atomic E-state index is -0.222. The second kappa shape index (κ2) is 3.94. The van der Waals surface area contributed by atoms with Gasteiger partial charge in [-0.1, -0.05) is 11.6 Å². The number of amides is 1. The number of carbonyl (C=O) groups is 1. The number of aromatic nitrogens is 1. The lowest BCUT2D eigenvalue weighted by molar-refractivity contribution is -0.0768. The summed E-state index contributed by atoms with van der Waals surface area (Å²) >= 11 is 5.78. The van der Waals surface area contributed by atoms with Crippen LogP contribution in [0.4, 0.5) is 0 Å². The molecule has 2 rings (SSSR count). The Kier molecular flexibility index (Phi) is 2.65. The van der Waals surface area contributed by atoms with Crippen LogP contribution >= 0.6 is 11.6 Å². The third-order valence-corrected chi connectivity index (χ3v) is 2.27. The molecule has 4 nitrogen and oxygen atoms in total. The van der Waals surface area contributed by atoms with E-state index >= 15 is 0 Å². The molecule has 14 heavy (non-hydrogen) atoms. The molecule has 0 aromatic carbocycles. The molecule has 0 atom stereocenters. The Morgan fingerprint density at radius 1 is 1.64 bits per heavy atom. The van der Waals surface area contributed by atoms with Crippen LogP contribution in [0.1, 0.15) is 16.8 Å². The highest BCUT2D eigenvalue weighted by molar-refractivity contribution is 6.32. The Labute approximate surface area is 86.4 Å². The molecular weight excluding hydrogens is 204 g/mol. The van der Waals surface area contributed by atoms with Crippen LogP contribution in [0, 0.1) is 0 Å². The smallest absolute Gasteiger partial charge is 0.271 e. The van der Waals surface area contributed by atoms with E-state index in [-0.39, 0.29) is 11.1 Å². The molecule has 1 amide bonds. The number of pyridine rings is 1. The molecular formula is C9H9ClN2O2. The molecule has 2 heterocycles. The molecule has 1 aliphatic rings. The fraction of sp³-hybridized carbons (Fsp3) is 0.333. The largest absolute Gasteiger partial charge is 0.280 e. The van der Waals surface area contributed by atoms with E-state index in [2.05, 4.69) is 4.98 Å². The van der Waals surface area contributed by atoms with Gasteiger partial charge in [0.25, 0.3) is 5.91 Å². The molecule has 0 bridgehead atoms. The lowest BCUT2D eigenvalue weighted by atomic mass is 10.2. The van der Waals surface area contributed by atoms with Gasteiger partial charge >= 0.3 is 0 Å². The molecule has 0 saturated carbocycles. The standard InChI is InChI=1S/C9H9ClN2O2/c10-8-7(3-1-4-11-8)9(13)12-5-2-6-14-12/h1,3-4H,2,5-6H2. The first kappa shape index (κ1) is 9.43. The topological polar surface area (TPSA) is 42.4 Å². The SMILES string of the molecule is O=C(c1cccnc1Cl)N1CCCO1. The summed E-state index contributed by atoms with van der Waals surface area (Å²) in [6.07, 6.45) is 2.41. The van der Waals surface area contributed by atoms with Crippen LogP contribution in [0.25, 0.3) is 0 Å². The summed E-state index contributed by atoms with van der Waals surface area (Å²) in [6.45, 7) is 1.20. The van der Waals surface area contributed by atoms with Gasteiger partial charge in [-0.25, -0.2) is 10.0 Å². The van der Waals surface area contributed by atoms with Crippen LogP contribution in [0.15, 0.2) is 18.3 Å². The van der Waals surface area contributed by atoms with Crippen molar-refractivity contribution < 1.29 is 9.63 Å². The van der Waals surface area contributed by atoms with Gasteiger partial charge in [0.2, 0.25) is 0 Å². The molecule has 0 radical (unpaired) electrons. The Morgan fingerprint density at radius 2 is 2.50 bits per heavy atom. The summed E-state index contributed by atoms with van der Waals surface area (Å²) in [4.78, 5) is 20.7. The highest BCUT2D eigenvalue weighted by Gasteiger charge is 2.22. The highest BCUT2D eigenvalue weighted by Crippen LogP contribution is 2.16. The van der Waals surface area contributed by atoms with Gasteiger partial charge in [0.1, 0.15) is 5.15 Å². The molecule has 1 aliphatic heterocycles. The number of carbonyl (C=O) groups excluding carboxylic acids is 1. The van der Waals surface area contributed by atoms with Gasteiger partial charge in [-0.2, -0.15) is 0 Å². The van der Waals surface area contributed by atoms with Gasteiger partial charge in [0.15, 0.2) is 0 Å². The van der Waals surface area contributed by atoms with Crippen LogP contribution in [0.5, 0.6) is 0 Å². The van der Waals surface area contributed by atoms with Crippen molar-refractivity contribution in [3.63, 3.8) is 0 Å². The summed E-state index contributed by atoms with van der Waals surface area (Å²) < 4.78 is 0. The molecule has 1 fully saturated rings. The number of hydrogen-bond acceptors (Lipinski definition) is 3. The maximum Gasteiger partial charge on any atom is 0.280 e. The monoisotopic (exact) mass is 212 g/mol. The van der Waals surface area contributed by atoms with E-state index in [1.807, 2.05) is 0 Å². The van der Waals surface area contributed by atoms with Crippen molar-refractivity contribution >= 4 is 17.5 Å². The summed E-state index contributed by atoms with van der Waals surface area (Å²) in [7, 11) is 0. The van der Waals surface area contributed by atoms with Crippen molar-refractivity contribution in [2.75, 3.05) is 13.2 Å². The third-order valence-electron chi connectivity index (χ3n) is 1.97.